The zero-order valence-corrected chi connectivity index (χ0v) is 10.6. The van der Waals surface area contributed by atoms with Crippen molar-refractivity contribution in [2.45, 2.75) is 52.0 Å². The van der Waals surface area contributed by atoms with Crippen molar-refractivity contribution in [3.05, 3.63) is 0 Å². The number of nitrogens with one attached hydrogen (secondary N) is 1. The lowest BCUT2D eigenvalue weighted by atomic mass is 10.1. The van der Waals surface area contributed by atoms with Gasteiger partial charge in [0.2, 0.25) is 10.0 Å². The Kier molecular flexibility index (Phi) is 8.00. The van der Waals surface area contributed by atoms with Crippen molar-refractivity contribution in [2.24, 2.45) is 5.14 Å². The van der Waals surface area contributed by atoms with Crippen LogP contribution in [-0.4, -0.2) is 26.8 Å². The van der Waals surface area contributed by atoms with Crippen LogP contribution < -0.4 is 10.5 Å². The molecule has 0 heterocycles. The zero-order valence-electron chi connectivity index (χ0n) is 9.83. The van der Waals surface area contributed by atoms with E-state index in [2.05, 4.69) is 19.2 Å². The highest BCUT2D eigenvalue weighted by molar-refractivity contribution is 7.89. The van der Waals surface area contributed by atoms with Gasteiger partial charge in [0.15, 0.2) is 0 Å². The minimum atomic E-state index is -3.28. The Hall–Kier alpha value is -0.130. The highest BCUT2D eigenvalue weighted by atomic mass is 32.2. The summed E-state index contributed by atoms with van der Waals surface area (Å²) in [6, 6.07) is 0.469. The van der Waals surface area contributed by atoms with Crippen molar-refractivity contribution in [1.29, 1.82) is 0 Å². The maximum absolute atomic E-state index is 10.6. The molecule has 3 N–H and O–H groups in total. The highest BCUT2D eigenvalue weighted by Gasteiger charge is 2.03. The van der Waals surface area contributed by atoms with E-state index >= 15 is 0 Å². The van der Waals surface area contributed by atoms with Gasteiger partial charge in [0, 0.05) is 6.04 Å². The second-order valence-corrected chi connectivity index (χ2v) is 5.81. The van der Waals surface area contributed by atoms with Crippen LogP contribution in [0.15, 0.2) is 0 Å². The smallest absolute Gasteiger partial charge is 0.209 e. The molecule has 0 fully saturated rings. The zero-order chi connectivity index (χ0) is 11.7. The molecular formula is C10H24N2O2S. The number of hydrogen-bond acceptors (Lipinski definition) is 3. The van der Waals surface area contributed by atoms with E-state index in [1.807, 2.05) is 0 Å². The Morgan fingerprint density at radius 1 is 1.27 bits per heavy atom. The molecule has 4 nitrogen and oxygen atoms in total. The molecule has 0 aliphatic rings. The van der Waals surface area contributed by atoms with Crippen molar-refractivity contribution in [1.82, 2.24) is 5.32 Å². The molecule has 0 aliphatic carbocycles. The second-order valence-electron chi connectivity index (χ2n) is 4.07. The van der Waals surface area contributed by atoms with Crippen molar-refractivity contribution in [3.8, 4) is 0 Å². The van der Waals surface area contributed by atoms with Gasteiger partial charge < -0.3 is 5.32 Å². The molecule has 92 valence electrons. The topological polar surface area (TPSA) is 72.2 Å². The third-order valence-electron chi connectivity index (χ3n) is 2.34. The molecule has 0 saturated heterocycles. The first-order chi connectivity index (χ1) is 6.95. The fraction of sp³-hybridized carbons (Fsp3) is 1.00. The van der Waals surface area contributed by atoms with Crippen LogP contribution in [0.4, 0.5) is 0 Å². The van der Waals surface area contributed by atoms with E-state index in [1.54, 1.807) is 0 Å². The monoisotopic (exact) mass is 236 g/mol. The minimum Gasteiger partial charge on any atom is -0.314 e. The molecule has 1 atom stereocenters. The third kappa shape index (κ3) is 11.8. The number of nitrogens with two attached hydrogens (primary N) is 1. The summed E-state index contributed by atoms with van der Waals surface area (Å²) < 4.78 is 21.3. The molecule has 0 aromatic carbocycles. The fourth-order valence-corrected chi connectivity index (χ4v) is 1.97. The quantitative estimate of drug-likeness (QED) is 0.591. The van der Waals surface area contributed by atoms with Gasteiger partial charge >= 0.3 is 0 Å². The first-order valence-electron chi connectivity index (χ1n) is 5.69. The molecule has 1 unspecified atom stereocenters. The Balaban J connectivity index is 3.35. The van der Waals surface area contributed by atoms with Gasteiger partial charge in [-0.3, -0.25) is 0 Å². The summed E-state index contributed by atoms with van der Waals surface area (Å²) in [4.78, 5) is 0. The van der Waals surface area contributed by atoms with E-state index in [9.17, 15) is 8.42 Å². The van der Waals surface area contributed by atoms with Gasteiger partial charge in [-0.25, -0.2) is 13.6 Å². The third-order valence-corrected chi connectivity index (χ3v) is 3.20. The molecule has 0 aromatic heterocycles. The SMILES string of the molecule is CCCCCC(C)NCCCS(N)(=O)=O. The maximum atomic E-state index is 10.6. The number of rotatable bonds is 9. The summed E-state index contributed by atoms with van der Waals surface area (Å²) in [7, 11) is -3.28. The molecule has 0 bridgehead atoms. The second kappa shape index (κ2) is 8.07. The summed E-state index contributed by atoms with van der Waals surface area (Å²) in [5, 5.41) is 8.19. The van der Waals surface area contributed by atoms with Gasteiger partial charge in [0.05, 0.1) is 5.75 Å². The molecule has 0 amide bonds. The van der Waals surface area contributed by atoms with Gasteiger partial charge in [-0.2, -0.15) is 0 Å². The van der Waals surface area contributed by atoms with E-state index in [4.69, 9.17) is 5.14 Å². The van der Waals surface area contributed by atoms with Crippen LogP contribution in [-0.2, 0) is 10.0 Å². The van der Waals surface area contributed by atoms with E-state index in [-0.39, 0.29) is 5.75 Å². The molecule has 0 spiro atoms. The predicted molar refractivity (Wildman–Crippen MR) is 64.2 cm³/mol. The van der Waals surface area contributed by atoms with Crippen LogP contribution >= 0.6 is 0 Å². The average Bonchev–Trinajstić information content (AvgIpc) is 2.11. The lowest BCUT2D eigenvalue weighted by molar-refractivity contribution is 0.487. The standard InChI is InChI=1S/C10H24N2O2S/c1-3-4-5-7-10(2)12-8-6-9-15(11,13)14/h10,12H,3-9H2,1-2H3,(H2,11,13,14). The van der Waals surface area contributed by atoms with Gasteiger partial charge in [0.1, 0.15) is 0 Å². The van der Waals surface area contributed by atoms with Gasteiger partial charge in [0.25, 0.3) is 0 Å². The summed E-state index contributed by atoms with van der Waals surface area (Å²) in [6.45, 7) is 5.04. The molecule has 0 aliphatic heterocycles. The first kappa shape index (κ1) is 14.9. The Morgan fingerprint density at radius 2 is 1.93 bits per heavy atom. The summed E-state index contributed by atoms with van der Waals surface area (Å²) >= 11 is 0. The Bertz CT molecular complexity index is 240. The van der Waals surface area contributed by atoms with Gasteiger partial charge in [-0.15, -0.1) is 0 Å². The average molecular weight is 236 g/mol. The molecule has 5 heteroatoms. The fourth-order valence-electron chi connectivity index (χ4n) is 1.42. The summed E-state index contributed by atoms with van der Waals surface area (Å²) in [5.74, 6) is 0.0711. The van der Waals surface area contributed by atoms with Crippen LogP contribution in [0.2, 0.25) is 0 Å². The van der Waals surface area contributed by atoms with Crippen LogP contribution in [0, 0.1) is 0 Å². The van der Waals surface area contributed by atoms with Gasteiger partial charge in [-0.05, 0) is 26.3 Å². The Labute approximate surface area is 93.7 Å². The summed E-state index contributed by atoms with van der Waals surface area (Å²) in [6.07, 6.45) is 5.49. The van der Waals surface area contributed by atoms with E-state index in [0.717, 1.165) is 13.0 Å². The van der Waals surface area contributed by atoms with E-state index in [0.29, 0.717) is 12.5 Å². The normalized spacial score (nSPS) is 14.1. The van der Waals surface area contributed by atoms with Crippen LogP contribution in [0.3, 0.4) is 0 Å². The van der Waals surface area contributed by atoms with Crippen LogP contribution in [0.25, 0.3) is 0 Å². The van der Waals surface area contributed by atoms with E-state index in [1.165, 1.54) is 19.3 Å². The molecule has 15 heavy (non-hydrogen) atoms. The summed E-state index contributed by atoms with van der Waals surface area (Å²) in [5.41, 5.74) is 0. The number of primary sulfonamides is 1. The van der Waals surface area contributed by atoms with Crippen molar-refractivity contribution >= 4 is 10.0 Å². The number of unbranched alkanes of at least 4 members (excludes halogenated alkanes) is 2. The van der Waals surface area contributed by atoms with Crippen molar-refractivity contribution in [2.75, 3.05) is 12.3 Å². The van der Waals surface area contributed by atoms with E-state index < -0.39 is 10.0 Å². The highest BCUT2D eigenvalue weighted by Crippen LogP contribution is 2.02. The molecule has 0 rings (SSSR count). The predicted octanol–water partition coefficient (Wildman–Crippen LogP) is 1.22. The van der Waals surface area contributed by atoms with Crippen molar-refractivity contribution < 1.29 is 8.42 Å². The lowest BCUT2D eigenvalue weighted by Crippen LogP contribution is -2.29. The Morgan fingerprint density at radius 3 is 2.47 bits per heavy atom. The molecular weight excluding hydrogens is 212 g/mol. The number of hydrogen-bond donors (Lipinski definition) is 2. The van der Waals surface area contributed by atoms with Crippen LogP contribution in [0.1, 0.15) is 46.0 Å². The first-order valence-corrected chi connectivity index (χ1v) is 7.41. The molecule has 0 aromatic rings. The lowest BCUT2D eigenvalue weighted by Gasteiger charge is -2.12. The van der Waals surface area contributed by atoms with Crippen LogP contribution in [0.5, 0.6) is 0 Å². The largest absolute Gasteiger partial charge is 0.314 e. The maximum Gasteiger partial charge on any atom is 0.209 e. The molecule has 0 saturated carbocycles. The van der Waals surface area contributed by atoms with Crippen molar-refractivity contribution in [3.63, 3.8) is 0 Å². The number of sulfonamides is 1. The van der Waals surface area contributed by atoms with Gasteiger partial charge in [-0.1, -0.05) is 26.2 Å². The molecule has 0 radical (unpaired) electrons. The minimum absolute atomic E-state index is 0.0711.